The number of ether oxygens (including phenoxy) is 2. The highest BCUT2D eigenvalue weighted by Crippen LogP contribution is 2.01. The zero-order valence-corrected chi connectivity index (χ0v) is 10.4. The molecule has 0 N–H and O–H groups in total. The Balaban J connectivity index is 1.99. The fourth-order valence-corrected chi connectivity index (χ4v) is 1.48. The summed E-state index contributed by atoms with van der Waals surface area (Å²) in [7, 11) is 1.68. The maximum atomic E-state index is 5.33. The summed E-state index contributed by atoms with van der Waals surface area (Å²) in [6, 6.07) is 0. The Morgan fingerprint density at radius 1 is 1.43 bits per heavy atom. The van der Waals surface area contributed by atoms with Gasteiger partial charge >= 0.3 is 0 Å². The average molecular weight is 310 g/mol. The molecule has 0 atom stereocenters. The summed E-state index contributed by atoms with van der Waals surface area (Å²) in [6.45, 7) is 3.02. The molecule has 0 radical (unpaired) electrons. The predicted molar refractivity (Wildman–Crippen MR) is 62.3 cm³/mol. The summed E-state index contributed by atoms with van der Waals surface area (Å²) in [6.07, 6.45) is 4.86. The molecule has 1 aromatic rings. The highest BCUT2D eigenvalue weighted by Gasteiger charge is 1.94. The van der Waals surface area contributed by atoms with Crippen LogP contribution in [0.5, 0.6) is 0 Å². The molecule has 0 unspecified atom stereocenters. The van der Waals surface area contributed by atoms with Gasteiger partial charge in [0, 0.05) is 26.5 Å². The van der Waals surface area contributed by atoms with Gasteiger partial charge in [-0.15, -0.1) is 0 Å². The molecule has 80 valence electrons. The molecule has 0 aromatic carbocycles. The van der Waals surface area contributed by atoms with Gasteiger partial charge in [-0.05, 0) is 29.0 Å². The molecule has 5 heteroatoms. The van der Waals surface area contributed by atoms with Crippen molar-refractivity contribution >= 4 is 22.6 Å². The molecule has 0 spiro atoms. The molecule has 0 fully saturated rings. The van der Waals surface area contributed by atoms with Gasteiger partial charge in [0.2, 0.25) is 0 Å². The number of halogens is 1. The Morgan fingerprint density at radius 2 is 2.29 bits per heavy atom. The van der Waals surface area contributed by atoms with E-state index in [-0.39, 0.29) is 0 Å². The van der Waals surface area contributed by atoms with Gasteiger partial charge in [-0.1, -0.05) is 0 Å². The topological polar surface area (TPSA) is 36.3 Å². The van der Waals surface area contributed by atoms with Crippen molar-refractivity contribution in [3.63, 3.8) is 0 Å². The van der Waals surface area contributed by atoms with E-state index in [9.17, 15) is 0 Å². The number of aromatic nitrogens is 2. The van der Waals surface area contributed by atoms with Crippen molar-refractivity contribution in [1.82, 2.24) is 9.78 Å². The molecule has 14 heavy (non-hydrogen) atoms. The average Bonchev–Trinajstić information content (AvgIpc) is 2.58. The Bertz CT molecular complexity index is 253. The van der Waals surface area contributed by atoms with Crippen molar-refractivity contribution in [3.8, 4) is 0 Å². The summed E-state index contributed by atoms with van der Waals surface area (Å²) in [5.74, 6) is 0. The van der Waals surface area contributed by atoms with E-state index in [1.807, 2.05) is 17.1 Å². The van der Waals surface area contributed by atoms with Crippen LogP contribution in [0.3, 0.4) is 0 Å². The number of hydrogen-bond acceptors (Lipinski definition) is 3. The first-order valence-corrected chi connectivity index (χ1v) is 5.65. The summed E-state index contributed by atoms with van der Waals surface area (Å²) in [4.78, 5) is 0. The number of rotatable bonds is 7. The number of aryl methyl sites for hydroxylation is 1. The van der Waals surface area contributed by atoms with E-state index in [0.29, 0.717) is 13.2 Å². The lowest BCUT2D eigenvalue weighted by Gasteiger charge is -2.03. The van der Waals surface area contributed by atoms with E-state index in [2.05, 4.69) is 27.7 Å². The van der Waals surface area contributed by atoms with Crippen LogP contribution in [0.1, 0.15) is 6.42 Å². The third kappa shape index (κ3) is 4.92. The summed E-state index contributed by atoms with van der Waals surface area (Å²) >= 11 is 2.25. The van der Waals surface area contributed by atoms with Crippen molar-refractivity contribution in [2.75, 3.05) is 26.9 Å². The molecular weight excluding hydrogens is 295 g/mol. The van der Waals surface area contributed by atoms with E-state index >= 15 is 0 Å². The fourth-order valence-electron chi connectivity index (χ4n) is 1.03. The van der Waals surface area contributed by atoms with Crippen LogP contribution in [0.4, 0.5) is 0 Å². The zero-order valence-electron chi connectivity index (χ0n) is 8.28. The van der Waals surface area contributed by atoms with E-state index < -0.39 is 0 Å². The molecule has 0 bridgehead atoms. The van der Waals surface area contributed by atoms with Gasteiger partial charge in [0.15, 0.2) is 0 Å². The second-order valence-electron chi connectivity index (χ2n) is 2.88. The molecule has 0 aliphatic heterocycles. The monoisotopic (exact) mass is 310 g/mol. The minimum Gasteiger partial charge on any atom is -0.382 e. The SMILES string of the molecule is COCCOCCCn1cc(I)cn1. The normalized spacial score (nSPS) is 10.7. The van der Waals surface area contributed by atoms with Crippen LogP contribution < -0.4 is 0 Å². The van der Waals surface area contributed by atoms with Crippen molar-refractivity contribution in [1.29, 1.82) is 0 Å². The quantitative estimate of drug-likeness (QED) is 0.566. The van der Waals surface area contributed by atoms with Crippen molar-refractivity contribution in [2.24, 2.45) is 0 Å². The molecule has 0 saturated heterocycles. The summed E-state index contributed by atoms with van der Waals surface area (Å²) in [5, 5.41) is 4.18. The minimum absolute atomic E-state index is 0.666. The Morgan fingerprint density at radius 3 is 2.93 bits per heavy atom. The molecule has 4 nitrogen and oxygen atoms in total. The Labute approximate surface area is 97.7 Å². The first-order chi connectivity index (χ1) is 6.83. The first kappa shape index (κ1) is 11.9. The maximum absolute atomic E-state index is 5.33. The van der Waals surface area contributed by atoms with E-state index in [4.69, 9.17) is 9.47 Å². The van der Waals surface area contributed by atoms with Crippen LogP contribution >= 0.6 is 22.6 Å². The molecule has 1 heterocycles. The number of hydrogen-bond donors (Lipinski definition) is 0. The van der Waals surface area contributed by atoms with Crippen LogP contribution in [0.15, 0.2) is 12.4 Å². The van der Waals surface area contributed by atoms with Gasteiger partial charge in [-0.3, -0.25) is 4.68 Å². The molecule has 0 amide bonds. The van der Waals surface area contributed by atoms with Crippen LogP contribution in [0.2, 0.25) is 0 Å². The second-order valence-corrected chi connectivity index (χ2v) is 4.13. The highest BCUT2D eigenvalue weighted by molar-refractivity contribution is 14.1. The van der Waals surface area contributed by atoms with Gasteiger partial charge in [0.1, 0.15) is 0 Å². The smallest absolute Gasteiger partial charge is 0.0700 e. The van der Waals surface area contributed by atoms with Gasteiger partial charge < -0.3 is 9.47 Å². The summed E-state index contributed by atoms with van der Waals surface area (Å²) in [5.41, 5.74) is 0. The largest absolute Gasteiger partial charge is 0.382 e. The molecular formula is C9H15IN2O2. The number of methoxy groups -OCH3 is 1. The van der Waals surface area contributed by atoms with Gasteiger partial charge in [0.05, 0.1) is 23.0 Å². The van der Waals surface area contributed by atoms with Crippen LogP contribution in [0.25, 0.3) is 0 Å². The highest BCUT2D eigenvalue weighted by atomic mass is 127. The number of nitrogens with zero attached hydrogens (tertiary/aromatic N) is 2. The van der Waals surface area contributed by atoms with Crippen molar-refractivity contribution in [2.45, 2.75) is 13.0 Å². The first-order valence-electron chi connectivity index (χ1n) is 4.57. The molecule has 0 aliphatic rings. The second kappa shape index (κ2) is 7.19. The van der Waals surface area contributed by atoms with Gasteiger partial charge in [-0.2, -0.15) is 5.10 Å². The van der Waals surface area contributed by atoms with Crippen LogP contribution in [0, 0.1) is 3.57 Å². The van der Waals surface area contributed by atoms with Crippen molar-refractivity contribution < 1.29 is 9.47 Å². The summed E-state index contributed by atoms with van der Waals surface area (Å²) < 4.78 is 13.3. The third-order valence-electron chi connectivity index (χ3n) is 1.71. The minimum atomic E-state index is 0.666. The standard InChI is InChI=1S/C9H15IN2O2/c1-13-5-6-14-4-2-3-12-8-9(10)7-11-12/h7-8H,2-6H2,1H3. The zero-order chi connectivity index (χ0) is 10.2. The fraction of sp³-hybridized carbons (Fsp3) is 0.667. The lowest BCUT2D eigenvalue weighted by atomic mass is 10.4. The van der Waals surface area contributed by atoms with E-state index in [1.54, 1.807) is 7.11 Å². The Kier molecular flexibility index (Phi) is 6.13. The Hall–Kier alpha value is -0.140. The van der Waals surface area contributed by atoms with Crippen LogP contribution in [-0.2, 0) is 16.0 Å². The molecule has 1 rings (SSSR count). The maximum Gasteiger partial charge on any atom is 0.0700 e. The van der Waals surface area contributed by atoms with E-state index in [0.717, 1.165) is 19.6 Å². The van der Waals surface area contributed by atoms with Crippen molar-refractivity contribution in [3.05, 3.63) is 16.0 Å². The van der Waals surface area contributed by atoms with Gasteiger partial charge in [-0.25, -0.2) is 0 Å². The predicted octanol–water partition coefficient (Wildman–Crippen LogP) is 1.54. The lowest BCUT2D eigenvalue weighted by molar-refractivity contribution is 0.0677. The molecule has 0 aliphatic carbocycles. The lowest BCUT2D eigenvalue weighted by Crippen LogP contribution is -2.06. The van der Waals surface area contributed by atoms with E-state index in [1.165, 1.54) is 3.57 Å². The third-order valence-corrected chi connectivity index (χ3v) is 2.27. The molecule has 1 aromatic heterocycles. The van der Waals surface area contributed by atoms with Gasteiger partial charge in [0.25, 0.3) is 0 Å². The molecule has 0 saturated carbocycles. The van der Waals surface area contributed by atoms with Crippen LogP contribution in [-0.4, -0.2) is 36.7 Å².